The maximum absolute atomic E-state index is 9.30. The number of benzene rings is 1. The molecule has 4 rings (SSSR count). The van der Waals surface area contributed by atoms with E-state index in [0.717, 1.165) is 28.2 Å². The molecule has 1 aromatic carbocycles. The fraction of sp³-hybridized carbons (Fsp3) is 0.261. The van der Waals surface area contributed by atoms with E-state index in [1.54, 1.807) is 6.07 Å². The van der Waals surface area contributed by atoms with Crippen LogP contribution in [-0.4, -0.2) is 41.6 Å². The molecule has 3 aromatic rings. The van der Waals surface area contributed by atoms with Gasteiger partial charge in [-0.15, -0.1) is 0 Å². The Balaban J connectivity index is 0.00000132. The first-order valence-electron chi connectivity index (χ1n) is 10.0. The fourth-order valence-electron chi connectivity index (χ4n) is 3.23. The lowest BCUT2D eigenvalue weighted by molar-refractivity contribution is -0.0447. The molecule has 3 heterocycles. The third kappa shape index (κ3) is 5.31. The molecule has 7 N–H and O–H groups in total. The van der Waals surface area contributed by atoms with Gasteiger partial charge in [-0.3, -0.25) is 4.98 Å². The first-order valence-corrected chi connectivity index (χ1v) is 10.0. The highest BCUT2D eigenvalue weighted by Crippen LogP contribution is 2.29. The molecule has 1 aliphatic rings. The van der Waals surface area contributed by atoms with Crippen molar-refractivity contribution in [3.8, 4) is 11.3 Å². The third-order valence-electron chi connectivity index (χ3n) is 5.02. The largest absolute Gasteiger partial charge is 0.390 e. The molecular formula is C23H28N6O2. The summed E-state index contributed by atoms with van der Waals surface area (Å²) in [6, 6.07) is 16.9. The van der Waals surface area contributed by atoms with E-state index in [2.05, 4.69) is 16.0 Å². The molecular weight excluding hydrogens is 392 g/mol. The van der Waals surface area contributed by atoms with Crippen molar-refractivity contribution in [1.82, 2.24) is 9.97 Å². The molecule has 0 spiro atoms. The van der Waals surface area contributed by atoms with E-state index in [-0.39, 0.29) is 12.6 Å². The number of hydrogen-bond donors (Lipinski definition) is 5. The van der Waals surface area contributed by atoms with Gasteiger partial charge in [-0.1, -0.05) is 24.3 Å². The van der Waals surface area contributed by atoms with Crippen LogP contribution in [0.25, 0.3) is 11.3 Å². The van der Waals surface area contributed by atoms with Crippen molar-refractivity contribution in [2.24, 2.45) is 17.4 Å². The predicted octanol–water partition coefficient (Wildman–Crippen LogP) is 2.60. The second-order valence-electron chi connectivity index (χ2n) is 7.01. The number of hydrogen-bond acceptors (Lipinski definition) is 8. The number of nitrogens with zero attached hydrogens (tertiary/aromatic N) is 2. The van der Waals surface area contributed by atoms with Gasteiger partial charge in [-0.2, -0.15) is 0 Å². The van der Waals surface area contributed by atoms with Crippen molar-refractivity contribution in [1.29, 1.82) is 5.41 Å². The molecule has 1 unspecified atom stereocenters. The average Bonchev–Trinajstić information content (AvgIpc) is 2.79. The zero-order valence-electron chi connectivity index (χ0n) is 17.5. The van der Waals surface area contributed by atoms with Crippen LogP contribution in [-0.2, 0) is 11.3 Å². The molecule has 0 radical (unpaired) electrons. The predicted molar refractivity (Wildman–Crippen MR) is 122 cm³/mol. The highest BCUT2D eigenvalue weighted by Gasteiger charge is 2.27. The van der Waals surface area contributed by atoms with Gasteiger partial charge >= 0.3 is 0 Å². The number of ether oxygens (including phenoxy) is 1. The van der Waals surface area contributed by atoms with Crippen molar-refractivity contribution in [2.75, 3.05) is 25.6 Å². The zero-order valence-corrected chi connectivity index (χ0v) is 17.5. The highest BCUT2D eigenvalue weighted by molar-refractivity contribution is 5.89. The number of nitrogens with two attached hydrogens (primary N) is 2. The number of anilines is 2. The van der Waals surface area contributed by atoms with Gasteiger partial charge in [-0.25, -0.2) is 4.98 Å². The normalized spacial score (nSPS) is 14.1. The fourth-order valence-corrected chi connectivity index (χ4v) is 3.23. The van der Waals surface area contributed by atoms with Crippen LogP contribution < -0.4 is 16.8 Å². The number of pyridine rings is 2. The van der Waals surface area contributed by atoms with Crippen molar-refractivity contribution in [3.05, 3.63) is 71.5 Å². The van der Waals surface area contributed by atoms with Gasteiger partial charge < -0.3 is 32.0 Å². The zero-order chi connectivity index (χ0) is 22.2. The number of aromatic nitrogens is 2. The van der Waals surface area contributed by atoms with E-state index in [1.807, 2.05) is 48.5 Å². The Hall–Kier alpha value is -3.17. The van der Waals surface area contributed by atoms with Crippen LogP contribution in [0.3, 0.4) is 0 Å². The smallest absolute Gasteiger partial charge is 0.130 e. The van der Waals surface area contributed by atoms with Crippen molar-refractivity contribution in [2.45, 2.75) is 12.6 Å². The minimum absolute atomic E-state index is 0.129. The molecule has 31 heavy (non-hydrogen) atoms. The molecule has 2 aromatic heterocycles. The standard InChI is InChI=1S/C22H23N5O2.CH5N/c23-10-15-8-7-14(9-20(15)27-21-6-1-3-17(11-28)25-21)18-4-2-5-19(26-18)22(24)16-12-29-13-16;1-2/h1-10,16,22-23,28H,11-13,24H2,(H,25,27);2H2,1H3. The minimum Gasteiger partial charge on any atom is -0.390 e. The Morgan fingerprint density at radius 1 is 1.16 bits per heavy atom. The lowest BCUT2D eigenvalue weighted by atomic mass is 9.95. The van der Waals surface area contributed by atoms with Crippen LogP contribution in [0.2, 0.25) is 0 Å². The van der Waals surface area contributed by atoms with E-state index in [1.165, 1.54) is 13.3 Å². The Labute approximate surface area is 181 Å². The van der Waals surface area contributed by atoms with Gasteiger partial charge in [0.25, 0.3) is 0 Å². The molecule has 8 heteroatoms. The van der Waals surface area contributed by atoms with E-state index in [4.69, 9.17) is 20.9 Å². The summed E-state index contributed by atoms with van der Waals surface area (Å²) in [7, 11) is 1.50. The van der Waals surface area contributed by atoms with E-state index >= 15 is 0 Å². The Bertz CT molecular complexity index is 1020. The van der Waals surface area contributed by atoms with Gasteiger partial charge in [0.1, 0.15) is 5.82 Å². The van der Waals surface area contributed by atoms with Crippen LogP contribution in [0.4, 0.5) is 11.5 Å². The van der Waals surface area contributed by atoms with E-state index in [0.29, 0.717) is 30.6 Å². The summed E-state index contributed by atoms with van der Waals surface area (Å²) >= 11 is 0. The van der Waals surface area contributed by atoms with Gasteiger partial charge in [0.2, 0.25) is 0 Å². The van der Waals surface area contributed by atoms with Crippen LogP contribution in [0.5, 0.6) is 0 Å². The average molecular weight is 421 g/mol. The van der Waals surface area contributed by atoms with Crippen molar-refractivity contribution >= 4 is 17.7 Å². The lowest BCUT2D eigenvalue weighted by Gasteiger charge is -2.31. The molecule has 1 atom stereocenters. The quantitative estimate of drug-likeness (QED) is 0.370. The summed E-state index contributed by atoms with van der Waals surface area (Å²) in [5, 5.41) is 20.2. The van der Waals surface area contributed by atoms with E-state index in [9.17, 15) is 5.11 Å². The summed E-state index contributed by atoms with van der Waals surface area (Å²) < 4.78 is 5.25. The Kier molecular flexibility index (Phi) is 7.80. The third-order valence-corrected chi connectivity index (χ3v) is 5.02. The molecule has 8 nitrogen and oxygen atoms in total. The Morgan fingerprint density at radius 2 is 1.94 bits per heavy atom. The van der Waals surface area contributed by atoms with E-state index < -0.39 is 0 Å². The Morgan fingerprint density at radius 3 is 2.61 bits per heavy atom. The van der Waals surface area contributed by atoms with Crippen molar-refractivity contribution < 1.29 is 9.84 Å². The molecule has 0 aliphatic carbocycles. The molecule has 1 aliphatic heterocycles. The molecule has 0 amide bonds. The van der Waals surface area contributed by atoms with Gasteiger partial charge in [0.05, 0.1) is 42.9 Å². The van der Waals surface area contributed by atoms with Gasteiger partial charge in [0, 0.05) is 28.9 Å². The maximum Gasteiger partial charge on any atom is 0.130 e. The van der Waals surface area contributed by atoms with Gasteiger partial charge in [0.15, 0.2) is 0 Å². The number of rotatable bonds is 7. The van der Waals surface area contributed by atoms with Gasteiger partial charge in [-0.05, 0) is 37.4 Å². The monoisotopic (exact) mass is 420 g/mol. The first kappa shape index (κ1) is 22.5. The molecule has 0 bridgehead atoms. The minimum atomic E-state index is -0.146. The van der Waals surface area contributed by atoms with Crippen LogP contribution >= 0.6 is 0 Å². The second-order valence-corrected chi connectivity index (χ2v) is 7.01. The summed E-state index contributed by atoms with van der Waals surface area (Å²) in [6.45, 7) is 1.22. The number of nitrogens with one attached hydrogen (secondary N) is 2. The maximum atomic E-state index is 9.30. The summed E-state index contributed by atoms with van der Waals surface area (Å²) in [5.41, 5.74) is 15.5. The molecule has 0 saturated carbocycles. The summed E-state index contributed by atoms with van der Waals surface area (Å²) in [5.74, 6) is 0.908. The molecule has 162 valence electrons. The van der Waals surface area contributed by atoms with Crippen LogP contribution in [0, 0.1) is 11.3 Å². The molecule has 1 saturated heterocycles. The number of aliphatic hydroxyl groups is 1. The van der Waals surface area contributed by atoms with Crippen LogP contribution in [0.1, 0.15) is 23.0 Å². The lowest BCUT2D eigenvalue weighted by Crippen LogP contribution is -2.37. The summed E-state index contributed by atoms with van der Waals surface area (Å²) in [4.78, 5) is 9.12. The highest BCUT2D eigenvalue weighted by atomic mass is 16.5. The number of aliphatic hydroxyl groups excluding tert-OH is 1. The molecule has 1 fully saturated rings. The van der Waals surface area contributed by atoms with Crippen molar-refractivity contribution in [3.63, 3.8) is 0 Å². The second kappa shape index (κ2) is 10.7. The first-order chi connectivity index (χ1) is 15.2. The topological polar surface area (TPSA) is 143 Å². The SMILES string of the molecule is CN.N=Cc1ccc(-c2cccc(C(N)C3COC3)n2)cc1Nc1cccc(CO)n1. The van der Waals surface area contributed by atoms with Crippen LogP contribution in [0.15, 0.2) is 54.6 Å². The summed E-state index contributed by atoms with van der Waals surface area (Å²) in [6.07, 6.45) is 1.29.